The number of benzene rings is 1. The Morgan fingerprint density at radius 1 is 1.40 bits per heavy atom. The van der Waals surface area contributed by atoms with Gasteiger partial charge in [0.1, 0.15) is 11.6 Å². The molecule has 0 aliphatic rings. The number of ketones is 1. The maximum Gasteiger partial charge on any atom is 0.149 e. The van der Waals surface area contributed by atoms with E-state index in [0.717, 1.165) is 5.56 Å². The van der Waals surface area contributed by atoms with Crippen molar-refractivity contribution in [2.45, 2.75) is 25.8 Å². The van der Waals surface area contributed by atoms with E-state index >= 15 is 0 Å². The lowest BCUT2D eigenvalue weighted by molar-refractivity contribution is -0.122. The minimum atomic E-state index is -0.572. The second-order valence-electron chi connectivity index (χ2n) is 3.94. The number of halogens is 1. The first-order valence-electron chi connectivity index (χ1n) is 4.92. The van der Waals surface area contributed by atoms with Gasteiger partial charge in [0.2, 0.25) is 0 Å². The fraction of sp³-hybridized carbons (Fsp3) is 0.417. The molecule has 1 atom stereocenters. The molecule has 15 heavy (non-hydrogen) atoms. The minimum absolute atomic E-state index is 0.0781. The highest BCUT2D eigenvalue weighted by Gasteiger charge is 2.27. The third-order valence-electron chi connectivity index (χ3n) is 2.80. The van der Waals surface area contributed by atoms with Crippen LogP contribution >= 0.6 is 0 Å². The highest BCUT2D eigenvalue weighted by molar-refractivity contribution is 5.85. The van der Waals surface area contributed by atoms with E-state index in [9.17, 15) is 9.18 Å². The van der Waals surface area contributed by atoms with Gasteiger partial charge in [0.15, 0.2) is 0 Å². The molecule has 0 bridgehead atoms. The topological polar surface area (TPSA) is 29.1 Å². The Morgan fingerprint density at radius 2 is 1.93 bits per heavy atom. The lowest BCUT2D eigenvalue weighted by Gasteiger charge is -2.26. The van der Waals surface area contributed by atoms with E-state index in [-0.39, 0.29) is 11.6 Å². The van der Waals surface area contributed by atoms with Gasteiger partial charge in [0.05, 0.1) is 5.54 Å². The summed E-state index contributed by atoms with van der Waals surface area (Å²) in [7, 11) is 1.75. The van der Waals surface area contributed by atoms with Crippen LogP contribution in [0.4, 0.5) is 4.39 Å². The summed E-state index contributed by atoms with van der Waals surface area (Å²) in [4.78, 5) is 11.4. The molecular formula is C12H16FNO. The number of likely N-dealkylation sites (N-methyl/N-ethyl adjacent to an activating group) is 1. The molecule has 0 radical (unpaired) electrons. The van der Waals surface area contributed by atoms with Crippen molar-refractivity contribution < 1.29 is 9.18 Å². The molecule has 0 heterocycles. The molecule has 0 saturated carbocycles. The molecule has 0 amide bonds. The van der Waals surface area contributed by atoms with E-state index in [2.05, 4.69) is 5.32 Å². The normalized spacial score (nSPS) is 14.7. The van der Waals surface area contributed by atoms with Crippen molar-refractivity contribution in [1.82, 2.24) is 5.32 Å². The van der Waals surface area contributed by atoms with Gasteiger partial charge < -0.3 is 5.32 Å². The van der Waals surface area contributed by atoms with Crippen LogP contribution in [0.5, 0.6) is 0 Å². The van der Waals surface area contributed by atoms with Crippen molar-refractivity contribution in [2.24, 2.45) is 0 Å². The van der Waals surface area contributed by atoms with Gasteiger partial charge in [-0.05, 0) is 45.0 Å². The monoisotopic (exact) mass is 209 g/mol. The first-order valence-corrected chi connectivity index (χ1v) is 4.92. The summed E-state index contributed by atoms with van der Waals surface area (Å²) in [6.45, 7) is 3.40. The summed E-state index contributed by atoms with van der Waals surface area (Å²) in [6.07, 6.45) is 0.569. The van der Waals surface area contributed by atoms with Crippen molar-refractivity contribution in [2.75, 3.05) is 7.05 Å². The van der Waals surface area contributed by atoms with Gasteiger partial charge in [0, 0.05) is 0 Å². The fourth-order valence-corrected chi connectivity index (χ4v) is 1.40. The quantitative estimate of drug-likeness (QED) is 0.821. The molecule has 0 fully saturated rings. The average molecular weight is 209 g/mol. The zero-order valence-electron chi connectivity index (χ0n) is 9.30. The van der Waals surface area contributed by atoms with Gasteiger partial charge in [0.25, 0.3) is 0 Å². The van der Waals surface area contributed by atoms with E-state index in [0.29, 0.717) is 6.42 Å². The average Bonchev–Trinajstić information content (AvgIpc) is 2.21. The Kier molecular flexibility index (Phi) is 3.58. The number of Topliss-reactive ketones (excluding diaryl/α,β-unsaturated/α-hetero) is 1. The lowest BCUT2D eigenvalue weighted by Crippen LogP contribution is -2.48. The highest BCUT2D eigenvalue weighted by Crippen LogP contribution is 2.14. The van der Waals surface area contributed by atoms with Crippen LogP contribution < -0.4 is 5.32 Å². The molecule has 0 aliphatic carbocycles. The van der Waals surface area contributed by atoms with Crippen LogP contribution in [0.15, 0.2) is 24.3 Å². The molecule has 1 unspecified atom stereocenters. The molecular weight excluding hydrogens is 193 g/mol. The van der Waals surface area contributed by atoms with E-state index in [4.69, 9.17) is 0 Å². The second kappa shape index (κ2) is 4.53. The minimum Gasteiger partial charge on any atom is -0.308 e. The smallest absolute Gasteiger partial charge is 0.149 e. The first-order chi connectivity index (χ1) is 6.98. The van der Waals surface area contributed by atoms with Gasteiger partial charge >= 0.3 is 0 Å². The van der Waals surface area contributed by atoms with Gasteiger partial charge in [-0.15, -0.1) is 0 Å². The maximum absolute atomic E-state index is 12.7. The Morgan fingerprint density at radius 3 is 2.33 bits per heavy atom. The van der Waals surface area contributed by atoms with Crippen LogP contribution in [0, 0.1) is 5.82 Å². The zero-order chi connectivity index (χ0) is 11.5. The van der Waals surface area contributed by atoms with Crippen molar-refractivity contribution in [3.8, 4) is 0 Å². The van der Waals surface area contributed by atoms with E-state index < -0.39 is 5.54 Å². The maximum atomic E-state index is 12.7. The molecule has 2 nitrogen and oxygen atoms in total. The van der Waals surface area contributed by atoms with Crippen molar-refractivity contribution in [1.29, 1.82) is 0 Å². The van der Waals surface area contributed by atoms with Crippen LogP contribution in [0.3, 0.4) is 0 Å². The molecule has 0 aromatic heterocycles. The number of carbonyl (C=O) groups is 1. The SMILES string of the molecule is CNC(C)(Cc1ccc(F)cc1)C(C)=O. The number of carbonyl (C=O) groups excluding carboxylic acids is 1. The van der Waals surface area contributed by atoms with Crippen molar-refractivity contribution >= 4 is 5.78 Å². The third kappa shape index (κ3) is 2.86. The molecule has 1 aromatic carbocycles. The van der Waals surface area contributed by atoms with Crippen LogP contribution in [0.2, 0.25) is 0 Å². The Labute approximate surface area is 89.5 Å². The third-order valence-corrected chi connectivity index (χ3v) is 2.80. The predicted molar refractivity (Wildman–Crippen MR) is 58.2 cm³/mol. The Balaban J connectivity index is 2.84. The number of hydrogen-bond donors (Lipinski definition) is 1. The summed E-state index contributed by atoms with van der Waals surface area (Å²) in [5.41, 5.74) is 0.376. The van der Waals surface area contributed by atoms with Gasteiger partial charge in [-0.2, -0.15) is 0 Å². The largest absolute Gasteiger partial charge is 0.308 e. The summed E-state index contributed by atoms with van der Waals surface area (Å²) in [5, 5.41) is 3.00. The number of nitrogens with one attached hydrogen (secondary N) is 1. The zero-order valence-corrected chi connectivity index (χ0v) is 9.30. The number of rotatable bonds is 4. The van der Waals surface area contributed by atoms with Gasteiger partial charge in [-0.1, -0.05) is 12.1 Å². The van der Waals surface area contributed by atoms with Crippen LogP contribution in [0.25, 0.3) is 0 Å². The molecule has 0 aliphatic heterocycles. The fourth-order valence-electron chi connectivity index (χ4n) is 1.40. The summed E-state index contributed by atoms with van der Waals surface area (Å²) < 4.78 is 12.7. The molecule has 1 rings (SSSR count). The number of hydrogen-bond acceptors (Lipinski definition) is 2. The molecule has 82 valence electrons. The van der Waals surface area contributed by atoms with E-state index in [1.807, 2.05) is 6.92 Å². The van der Waals surface area contributed by atoms with Crippen LogP contribution in [-0.2, 0) is 11.2 Å². The Hall–Kier alpha value is -1.22. The second-order valence-corrected chi connectivity index (χ2v) is 3.94. The molecule has 1 aromatic rings. The summed E-state index contributed by atoms with van der Waals surface area (Å²) in [6, 6.07) is 6.22. The predicted octanol–water partition coefficient (Wildman–Crippen LogP) is 1.94. The van der Waals surface area contributed by atoms with Gasteiger partial charge in [-0.3, -0.25) is 4.79 Å². The summed E-state index contributed by atoms with van der Waals surface area (Å²) >= 11 is 0. The first kappa shape index (κ1) is 11.9. The Bertz CT molecular complexity index is 347. The lowest BCUT2D eigenvalue weighted by atomic mass is 9.89. The standard InChI is InChI=1S/C12H16FNO/c1-9(15)12(2,14-3)8-10-4-6-11(13)7-5-10/h4-7,14H,8H2,1-3H3. The molecule has 3 heteroatoms. The molecule has 1 N–H and O–H groups in total. The highest BCUT2D eigenvalue weighted by atomic mass is 19.1. The summed E-state index contributed by atoms with van der Waals surface area (Å²) in [5.74, 6) is -0.179. The molecule has 0 saturated heterocycles. The van der Waals surface area contributed by atoms with E-state index in [1.54, 1.807) is 26.1 Å². The molecule has 0 spiro atoms. The van der Waals surface area contributed by atoms with E-state index in [1.165, 1.54) is 12.1 Å². The van der Waals surface area contributed by atoms with Gasteiger partial charge in [-0.25, -0.2) is 4.39 Å². The van der Waals surface area contributed by atoms with Crippen LogP contribution in [-0.4, -0.2) is 18.4 Å². The van der Waals surface area contributed by atoms with Crippen molar-refractivity contribution in [3.63, 3.8) is 0 Å². The van der Waals surface area contributed by atoms with Crippen molar-refractivity contribution in [3.05, 3.63) is 35.6 Å². The van der Waals surface area contributed by atoms with Crippen LogP contribution in [0.1, 0.15) is 19.4 Å².